The fourth-order valence-electron chi connectivity index (χ4n) is 5.65. The second kappa shape index (κ2) is 9.16. The molecule has 3 aromatic rings. The Morgan fingerprint density at radius 3 is 2.50 bits per heavy atom. The molecule has 34 heavy (non-hydrogen) atoms. The van der Waals surface area contributed by atoms with Crippen LogP contribution < -0.4 is 5.32 Å². The van der Waals surface area contributed by atoms with Crippen molar-refractivity contribution in [2.24, 2.45) is 0 Å². The summed E-state index contributed by atoms with van der Waals surface area (Å²) in [5.74, 6) is -1.07. The van der Waals surface area contributed by atoms with E-state index in [9.17, 15) is 14.0 Å². The van der Waals surface area contributed by atoms with E-state index in [1.54, 1.807) is 18.2 Å². The third-order valence-electron chi connectivity index (χ3n) is 7.28. The molecule has 1 amide bonds. The molecule has 1 fully saturated rings. The second-order valence-corrected chi connectivity index (χ2v) is 9.68. The Morgan fingerprint density at radius 1 is 1.06 bits per heavy atom. The SMILES string of the molecule is Cc1cccc(C(=O)N[C@@H]2C(=O)Cc3c(c(C)nn3C3CCCCC3)[C@@H]2c2ccc(F)cc2)c1. The molecular weight excluding hydrogens is 429 g/mol. The van der Waals surface area contributed by atoms with Crippen molar-refractivity contribution in [3.8, 4) is 0 Å². The minimum atomic E-state index is -0.742. The van der Waals surface area contributed by atoms with Gasteiger partial charge in [-0.3, -0.25) is 14.3 Å². The number of ketones is 1. The van der Waals surface area contributed by atoms with Gasteiger partial charge < -0.3 is 5.32 Å². The Hall–Kier alpha value is -3.28. The molecule has 1 heterocycles. The van der Waals surface area contributed by atoms with Gasteiger partial charge in [-0.25, -0.2) is 4.39 Å². The van der Waals surface area contributed by atoms with Crippen LogP contribution in [-0.4, -0.2) is 27.5 Å². The molecule has 0 unspecified atom stereocenters. The summed E-state index contributed by atoms with van der Waals surface area (Å²) in [6.07, 6.45) is 5.95. The zero-order chi connectivity index (χ0) is 23.8. The van der Waals surface area contributed by atoms with Gasteiger partial charge in [-0.1, -0.05) is 49.1 Å². The van der Waals surface area contributed by atoms with Crippen molar-refractivity contribution < 1.29 is 14.0 Å². The molecule has 2 aliphatic carbocycles. The molecule has 176 valence electrons. The van der Waals surface area contributed by atoms with Crippen molar-refractivity contribution in [1.82, 2.24) is 15.1 Å². The van der Waals surface area contributed by atoms with Crippen LogP contribution in [0.2, 0.25) is 0 Å². The smallest absolute Gasteiger partial charge is 0.251 e. The molecule has 0 spiro atoms. The first kappa shape index (κ1) is 22.5. The first-order chi connectivity index (χ1) is 16.4. The molecule has 1 aromatic heterocycles. The van der Waals surface area contributed by atoms with Crippen molar-refractivity contribution in [2.75, 3.05) is 0 Å². The predicted molar refractivity (Wildman–Crippen MR) is 128 cm³/mol. The Balaban J connectivity index is 1.57. The van der Waals surface area contributed by atoms with E-state index in [1.807, 2.05) is 32.0 Å². The molecule has 1 saturated carbocycles. The molecule has 0 bridgehead atoms. The normalized spacial score (nSPS) is 20.7. The molecule has 1 N–H and O–H groups in total. The number of nitrogens with zero attached hydrogens (tertiary/aromatic N) is 2. The van der Waals surface area contributed by atoms with Crippen molar-refractivity contribution >= 4 is 11.7 Å². The summed E-state index contributed by atoms with van der Waals surface area (Å²) in [4.78, 5) is 26.7. The highest BCUT2D eigenvalue weighted by Crippen LogP contribution is 2.40. The van der Waals surface area contributed by atoms with Gasteiger partial charge in [0.1, 0.15) is 5.82 Å². The van der Waals surface area contributed by atoms with E-state index in [0.29, 0.717) is 11.6 Å². The highest BCUT2D eigenvalue weighted by molar-refractivity contribution is 5.99. The monoisotopic (exact) mass is 459 g/mol. The van der Waals surface area contributed by atoms with Crippen molar-refractivity contribution in [1.29, 1.82) is 0 Å². The average Bonchev–Trinajstić information content (AvgIpc) is 3.16. The summed E-state index contributed by atoms with van der Waals surface area (Å²) in [7, 11) is 0. The van der Waals surface area contributed by atoms with Crippen LogP contribution in [0, 0.1) is 19.7 Å². The molecular formula is C28H30FN3O2. The second-order valence-electron chi connectivity index (χ2n) is 9.68. The topological polar surface area (TPSA) is 64.0 Å². The van der Waals surface area contributed by atoms with Crippen LogP contribution in [0.4, 0.5) is 4.39 Å². The van der Waals surface area contributed by atoms with Crippen molar-refractivity contribution in [3.05, 3.63) is 88.0 Å². The van der Waals surface area contributed by atoms with Crippen LogP contribution in [0.5, 0.6) is 0 Å². The van der Waals surface area contributed by atoms with Crippen molar-refractivity contribution in [2.45, 2.75) is 70.4 Å². The standard InChI is InChI=1S/C28H30FN3O2/c1-17-7-6-8-20(15-17)28(34)30-27-24(33)16-23-25(26(27)19-11-13-21(29)14-12-19)18(2)31-32(23)22-9-4-3-5-10-22/h6-8,11-15,22,26-27H,3-5,9-10,16H2,1-2H3,(H,30,34)/t26-,27+/m0/s1. The minimum Gasteiger partial charge on any atom is -0.341 e. The van der Waals surface area contributed by atoms with Crippen molar-refractivity contribution in [3.63, 3.8) is 0 Å². The van der Waals surface area contributed by atoms with E-state index in [2.05, 4.69) is 10.00 Å². The lowest BCUT2D eigenvalue weighted by molar-refractivity contribution is -0.121. The number of aromatic nitrogens is 2. The molecule has 5 rings (SSSR count). The Labute approximate surface area is 199 Å². The molecule has 0 radical (unpaired) electrons. The number of nitrogens with one attached hydrogen (secondary N) is 1. The van der Waals surface area contributed by atoms with Gasteiger partial charge in [0.05, 0.1) is 29.9 Å². The van der Waals surface area contributed by atoms with Crippen LogP contribution in [0.3, 0.4) is 0 Å². The summed E-state index contributed by atoms with van der Waals surface area (Å²) in [6.45, 7) is 3.91. The maximum Gasteiger partial charge on any atom is 0.251 e. The minimum absolute atomic E-state index is 0.0419. The third kappa shape index (κ3) is 4.17. The van der Waals surface area contributed by atoms with Crippen LogP contribution in [0.15, 0.2) is 48.5 Å². The lowest BCUT2D eigenvalue weighted by Gasteiger charge is -2.33. The lowest BCUT2D eigenvalue weighted by atomic mass is 9.76. The summed E-state index contributed by atoms with van der Waals surface area (Å²) in [6, 6.07) is 13.1. The van der Waals surface area contributed by atoms with Crippen LogP contribution in [0.25, 0.3) is 0 Å². The first-order valence-electron chi connectivity index (χ1n) is 12.2. The number of rotatable bonds is 4. The number of carbonyl (C=O) groups is 2. The fourth-order valence-corrected chi connectivity index (χ4v) is 5.65. The Bertz CT molecular complexity index is 1220. The third-order valence-corrected chi connectivity index (χ3v) is 7.28. The largest absolute Gasteiger partial charge is 0.341 e. The van der Waals surface area contributed by atoms with Crippen LogP contribution in [0.1, 0.15) is 82.5 Å². The Morgan fingerprint density at radius 2 is 1.79 bits per heavy atom. The quantitative estimate of drug-likeness (QED) is 0.583. The molecule has 2 atom stereocenters. The van der Waals surface area contributed by atoms with E-state index in [-0.39, 0.29) is 23.9 Å². The van der Waals surface area contributed by atoms with Crippen LogP contribution >= 0.6 is 0 Å². The van der Waals surface area contributed by atoms with E-state index in [4.69, 9.17) is 5.10 Å². The van der Waals surface area contributed by atoms with Gasteiger partial charge in [0.2, 0.25) is 0 Å². The molecule has 2 aliphatic rings. The lowest BCUT2D eigenvalue weighted by Crippen LogP contribution is -2.49. The van der Waals surface area contributed by atoms with Gasteiger partial charge in [-0.05, 0) is 56.5 Å². The number of hydrogen-bond acceptors (Lipinski definition) is 3. The van der Waals surface area contributed by atoms with Gasteiger partial charge in [0, 0.05) is 17.0 Å². The van der Waals surface area contributed by atoms with Gasteiger partial charge in [-0.2, -0.15) is 5.10 Å². The highest BCUT2D eigenvalue weighted by Gasteiger charge is 2.42. The Kier molecular flexibility index (Phi) is 6.07. The van der Waals surface area contributed by atoms with E-state index >= 15 is 0 Å². The average molecular weight is 460 g/mol. The highest BCUT2D eigenvalue weighted by atomic mass is 19.1. The molecule has 2 aromatic carbocycles. The maximum atomic E-state index is 13.8. The van der Waals surface area contributed by atoms with E-state index in [1.165, 1.54) is 31.4 Å². The predicted octanol–water partition coefficient (Wildman–Crippen LogP) is 5.20. The molecule has 0 aliphatic heterocycles. The number of Topliss-reactive ketones (excluding diaryl/α,β-unsaturated/α-hetero) is 1. The molecule has 0 saturated heterocycles. The number of hydrogen-bond donors (Lipinski definition) is 1. The number of amides is 1. The van der Waals surface area contributed by atoms with Gasteiger partial charge in [-0.15, -0.1) is 0 Å². The number of aryl methyl sites for hydroxylation is 2. The number of benzene rings is 2. The summed E-state index contributed by atoms with van der Waals surface area (Å²) in [5, 5.41) is 7.92. The summed E-state index contributed by atoms with van der Waals surface area (Å²) in [5.41, 5.74) is 5.11. The number of fused-ring (bicyclic) bond motifs is 1. The van der Waals surface area contributed by atoms with Crippen LogP contribution in [-0.2, 0) is 11.2 Å². The summed E-state index contributed by atoms with van der Waals surface area (Å²) < 4.78 is 15.8. The van der Waals surface area contributed by atoms with Gasteiger partial charge in [0.15, 0.2) is 5.78 Å². The van der Waals surface area contributed by atoms with Gasteiger partial charge >= 0.3 is 0 Å². The number of carbonyl (C=O) groups excluding carboxylic acids is 2. The number of halogens is 1. The van der Waals surface area contributed by atoms with E-state index in [0.717, 1.165) is 40.9 Å². The zero-order valence-electron chi connectivity index (χ0n) is 19.7. The zero-order valence-corrected chi connectivity index (χ0v) is 19.7. The fraction of sp³-hybridized carbons (Fsp3) is 0.393. The maximum absolute atomic E-state index is 13.8. The molecule has 5 nitrogen and oxygen atoms in total. The molecule has 6 heteroatoms. The first-order valence-corrected chi connectivity index (χ1v) is 12.2. The van der Waals surface area contributed by atoms with Gasteiger partial charge in [0.25, 0.3) is 5.91 Å². The van der Waals surface area contributed by atoms with E-state index < -0.39 is 12.0 Å². The summed E-state index contributed by atoms with van der Waals surface area (Å²) >= 11 is 0.